The second-order valence-electron chi connectivity index (χ2n) is 6.64. The summed E-state index contributed by atoms with van der Waals surface area (Å²) in [6, 6.07) is 5.21. The third-order valence-corrected chi connectivity index (χ3v) is 4.85. The Balaban J connectivity index is 2.07. The van der Waals surface area contributed by atoms with Crippen molar-refractivity contribution in [2.24, 2.45) is 0 Å². The Labute approximate surface area is 156 Å². The second-order valence-corrected chi connectivity index (χ2v) is 6.64. The maximum Gasteiger partial charge on any atom is 0.258 e. The minimum Gasteiger partial charge on any atom is -0.496 e. The number of anilines is 1. The number of benzene rings is 1. The molecule has 0 saturated heterocycles. The largest absolute Gasteiger partial charge is 0.496 e. The number of rotatable bonds is 4. The zero-order valence-corrected chi connectivity index (χ0v) is 15.0. The van der Waals surface area contributed by atoms with Crippen LogP contribution in [0.25, 0.3) is 22.2 Å². The van der Waals surface area contributed by atoms with Crippen LogP contribution in [0.5, 0.6) is 5.75 Å². The molecule has 6 heteroatoms. The number of aryl methyl sites for hydroxylation is 1. The molecule has 4 rings (SSSR count). The number of nitrogens with zero attached hydrogens (tertiary/aromatic N) is 3. The highest BCUT2D eigenvalue weighted by molar-refractivity contribution is 5.94. The molecule has 0 atom stereocenters. The second kappa shape index (κ2) is 6.12. The van der Waals surface area contributed by atoms with Gasteiger partial charge in [-0.15, -0.1) is 0 Å². The van der Waals surface area contributed by atoms with Crippen molar-refractivity contribution < 1.29 is 8.85 Å². The van der Waals surface area contributed by atoms with Crippen molar-refractivity contribution in [3.8, 4) is 17.0 Å². The van der Waals surface area contributed by atoms with E-state index in [4.69, 9.17) is 13.8 Å². The quantitative estimate of drug-likeness (QED) is 0.780. The Morgan fingerprint density at radius 1 is 1.35 bits per heavy atom. The first-order valence-corrected chi connectivity index (χ1v) is 8.54. The molecule has 26 heavy (non-hydrogen) atoms. The number of pyridine rings is 1. The molecule has 1 aliphatic rings. The standard InChI is InChI=1S/C20H22N4O2/c1-11-5-8-15(26-4)12(2)17(11)19-18-14(20(25)22-10-21-18)9-16(23-19)24(3)13-6-7-13/h5,8-10,13H,6-7H2,1-4H3,(H,21,22,25)/i3D3. The summed E-state index contributed by atoms with van der Waals surface area (Å²) in [5.41, 5.74) is 3.15. The monoisotopic (exact) mass is 353 g/mol. The average Bonchev–Trinajstić information content (AvgIpc) is 3.46. The van der Waals surface area contributed by atoms with E-state index >= 15 is 0 Å². The SMILES string of the molecule is [2H]C([2H])([2H])N(c1cc2c(=O)[nH]cnc2c(-c2c(C)ccc(OC)c2C)n1)C1CC1. The molecule has 1 saturated carbocycles. The van der Waals surface area contributed by atoms with E-state index in [1.54, 1.807) is 7.11 Å². The maximum absolute atomic E-state index is 12.6. The molecule has 2 heterocycles. The van der Waals surface area contributed by atoms with Gasteiger partial charge in [0, 0.05) is 28.3 Å². The Bertz CT molecular complexity index is 1150. The molecule has 1 aromatic carbocycles. The molecular formula is C20H22N4O2. The van der Waals surface area contributed by atoms with Crippen molar-refractivity contribution in [3.63, 3.8) is 0 Å². The lowest BCUT2D eigenvalue weighted by molar-refractivity contribution is 0.412. The fraction of sp³-hybridized carbons (Fsp3) is 0.350. The number of aromatic amines is 1. The minimum absolute atomic E-state index is 0.108. The molecule has 2 aromatic heterocycles. The van der Waals surface area contributed by atoms with Gasteiger partial charge in [0.25, 0.3) is 5.56 Å². The van der Waals surface area contributed by atoms with E-state index in [1.165, 1.54) is 17.3 Å². The van der Waals surface area contributed by atoms with E-state index in [0.717, 1.165) is 29.5 Å². The molecule has 1 aliphatic carbocycles. The summed E-state index contributed by atoms with van der Waals surface area (Å²) >= 11 is 0. The summed E-state index contributed by atoms with van der Waals surface area (Å²) in [5, 5.41) is 0.309. The summed E-state index contributed by atoms with van der Waals surface area (Å²) in [6.07, 6.45) is 2.91. The first-order chi connectivity index (χ1) is 13.7. The van der Waals surface area contributed by atoms with Gasteiger partial charge in [0.15, 0.2) is 0 Å². The van der Waals surface area contributed by atoms with Crippen molar-refractivity contribution in [2.45, 2.75) is 32.7 Å². The van der Waals surface area contributed by atoms with Crippen molar-refractivity contribution >= 4 is 16.7 Å². The van der Waals surface area contributed by atoms with Crippen molar-refractivity contribution in [3.05, 3.63) is 46.0 Å². The van der Waals surface area contributed by atoms with Crippen LogP contribution in [0.4, 0.5) is 5.82 Å². The number of hydrogen-bond donors (Lipinski definition) is 1. The van der Waals surface area contributed by atoms with E-state index in [2.05, 4.69) is 9.97 Å². The molecule has 0 bridgehead atoms. The van der Waals surface area contributed by atoms with Crippen LogP contribution >= 0.6 is 0 Å². The molecule has 0 spiro atoms. The zero-order chi connectivity index (χ0) is 20.9. The predicted molar refractivity (Wildman–Crippen MR) is 103 cm³/mol. The van der Waals surface area contributed by atoms with Crippen LogP contribution in [-0.4, -0.2) is 35.1 Å². The molecular weight excluding hydrogens is 328 g/mol. The summed E-state index contributed by atoms with van der Waals surface area (Å²) in [4.78, 5) is 25.6. The highest BCUT2D eigenvalue weighted by Crippen LogP contribution is 2.37. The van der Waals surface area contributed by atoms with Gasteiger partial charge in [0.2, 0.25) is 0 Å². The van der Waals surface area contributed by atoms with Gasteiger partial charge in [-0.1, -0.05) is 6.07 Å². The molecule has 0 aliphatic heterocycles. The smallest absolute Gasteiger partial charge is 0.258 e. The fourth-order valence-electron chi connectivity index (χ4n) is 3.29. The van der Waals surface area contributed by atoms with Crippen LogP contribution in [0, 0.1) is 13.8 Å². The zero-order valence-electron chi connectivity index (χ0n) is 18.0. The Morgan fingerprint density at radius 3 is 2.85 bits per heavy atom. The Kier molecular flexibility index (Phi) is 3.14. The molecule has 134 valence electrons. The van der Waals surface area contributed by atoms with Crippen LogP contribution < -0.4 is 15.2 Å². The number of H-pyrrole nitrogens is 1. The van der Waals surface area contributed by atoms with Gasteiger partial charge in [-0.25, -0.2) is 9.97 Å². The predicted octanol–water partition coefficient (Wildman–Crippen LogP) is 3.21. The lowest BCUT2D eigenvalue weighted by Crippen LogP contribution is -2.21. The van der Waals surface area contributed by atoms with Gasteiger partial charge in [-0.3, -0.25) is 4.79 Å². The molecule has 3 aromatic rings. The summed E-state index contributed by atoms with van der Waals surface area (Å²) in [5.74, 6) is 0.945. The topological polar surface area (TPSA) is 71.1 Å². The number of hydrogen-bond acceptors (Lipinski definition) is 5. The van der Waals surface area contributed by atoms with Crippen molar-refractivity contribution in [1.29, 1.82) is 0 Å². The highest BCUT2D eigenvalue weighted by Gasteiger charge is 2.28. The number of fused-ring (bicyclic) bond motifs is 1. The van der Waals surface area contributed by atoms with Crippen LogP contribution in [0.3, 0.4) is 0 Å². The van der Waals surface area contributed by atoms with Gasteiger partial charge in [0.1, 0.15) is 17.1 Å². The van der Waals surface area contributed by atoms with E-state index < -0.39 is 6.98 Å². The van der Waals surface area contributed by atoms with Gasteiger partial charge < -0.3 is 14.6 Å². The lowest BCUT2D eigenvalue weighted by Gasteiger charge is -2.20. The number of ether oxygens (including phenoxy) is 1. The summed E-state index contributed by atoms with van der Waals surface area (Å²) in [6.45, 7) is 1.50. The maximum atomic E-state index is 12.6. The van der Waals surface area contributed by atoms with E-state index in [1.807, 2.05) is 26.0 Å². The molecule has 1 fully saturated rings. The van der Waals surface area contributed by atoms with E-state index in [-0.39, 0.29) is 17.4 Å². The average molecular weight is 353 g/mol. The summed E-state index contributed by atoms with van der Waals surface area (Å²) < 4.78 is 29.4. The molecule has 1 N–H and O–H groups in total. The van der Waals surface area contributed by atoms with Gasteiger partial charge in [0.05, 0.1) is 24.5 Å². The van der Waals surface area contributed by atoms with Crippen LogP contribution in [0.2, 0.25) is 0 Å². The van der Waals surface area contributed by atoms with Crippen molar-refractivity contribution in [2.75, 3.05) is 19.0 Å². The molecule has 0 radical (unpaired) electrons. The van der Waals surface area contributed by atoms with Crippen LogP contribution in [0.1, 0.15) is 28.1 Å². The fourth-order valence-corrected chi connectivity index (χ4v) is 3.29. The Morgan fingerprint density at radius 2 is 2.15 bits per heavy atom. The highest BCUT2D eigenvalue weighted by atomic mass is 16.5. The number of aromatic nitrogens is 3. The number of methoxy groups -OCH3 is 1. The van der Waals surface area contributed by atoms with Crippen LogP contribution in [0.15, 0.2) is 29.3 Å². The third kappa shape index (κ3) is 2.62. The third-order valence-electron chi connectivity index (χ3n) is 4.85. The van der Waals surface area contributed by atoms with Gasteiger partial charge >= 0.3 is 0 Å². The first-order valence-electron chi connectivity index (χ1n) is 10.0. The van der Waals surface area contributed by atoms with Gasteiger partial charge in [-0.2, -0.15) is 0 Å². The lowest BCUT2D eigenvalue weighted by atomic mass is 9.97. The first kappa shape index (κ1) is 13.3. The summed E-state index contributed by atoms with van der Waals surface area (Å²) in [7, 11) is 1.59. The van der Waals surface area contributed by atoms with Crippen molar-refractivity contribution in [1.82, 2.24) is 15.0 Å². The van der Waals surface area contributed by atoms with Crippen LogP contribution in [-0.2, 0) is 0 Å². The van der Waals surface area contributed by atoms with Gasteiger partial charge in [-0.05, 0) is 44.4 Å². The number of nitrogens with one attached hydrogen (secondary N) is 1. The van der Waals surface area contributed by atoms with E-state index in [0.29, 0.717) is 22.3 Å². The molecule has 0 amide bonds. The van der Waals surface area contributed by atoms with E-state index in [9.17, 15) is 4.79 Å². The normalized spacial score (nSPS) is 16.0. The molecule has 6 nitrogen and oxygen atoms in total. The minimum atomic E-state index is -2.35. The molecule has 0 unspecified atom stereocenters. The Hall–Kier alpha value is -2.89.